The summed E-state index contributed by atoms with van der Waals surface area (Å²) in [4.78, 5) is 10.9. The number of carbonyl (C=O) groups excluding carboxylic acids is 1. The summed E-state index contributed by atoms with van der Waals surface area (Å²) in [5.41, 5.74) is 2.31. The van der Waals surface area contributed by atoms with Crippen molar-refractivity contribution in [3.05, 3.63) is 41.5 Å². The fourth-order valence-electron chi connectivity index (χ4n) is 1.29. The molecule has 12 heavy (non-hydrogen) atoms. The van der Waals surface area contributed by atoms with E-state index in [1.54, 1.807) is 6.08 Å². The van der Waals surface area contributed by atoms with Crippen LogP contribution in [0, 0.1) is 0 Å². The van der Waals surface area contributed by atoms with Gasteiger partial charge in [0.1, 0.15) is 0 Å². The Kier molecular flexibility index (Phi) is 2.92. The number of fused-ring (bicyclic) bond motifs is 1. The van der Waals surface area contributed by atoms with Crippen molar-refractivity contribution in [3.63, 3.8) is 0 Å². The van der Waals surface area contributed by atoms with Gasteiger partial charge in [-0.25, -0.2) is 0 Å². The van der Waals surface area contributed by atoms with Gasteiger partial charge >= 0.3 is 18.9 Å². The number of hydrogen-bond acceptors (Lipinski definition) is 1. The van der Waals surface area contributed by atoms with Gasteiger partial charge in [-0.05, 0) is 17.2 Å². The van der Waals surface area contributed by atoms with E-state index in [-0.39, 0.29) is 24.6 Å². The van der Waals surface area contributed by atoms with Gasteiger partial charge in [-0.2, -0.15) is 0 Å². The molecule has 0 fully saturated rings. The average Bonchev–Trinajstić information content (AvgIpc) is 2.04. The number of rotatable bonds is 0. The molecular formula is C10H9LiO. The van der Waals surface area contributed by atoms with Crippen molar-refractivity contribution in [1.29, 1.82) is 0 Å². The summed E-state index contributed by atoms with van der Waals surface area (Å²) in [6.07, 6.45) is 4.08. The molecule has 2 heteroatoms. The van der Waals surface area contributed by atoms with E-state index in [4.69, 9.17) is 0 Å². The Bertz CT molecular complexity index is 328. The molecule has 0 saturated heterocycles. The van der Waals surface area contributed by atoms with Gasteiger partial charge in [-0.1, -0.05) is 30.3 Å². The van der Waals surface area contributed by atoms with E-state index in [1.165, 1.54) is 5.56 Å². The van der Waals surface area contributed by atoms with Crippen molar-refractivity contribution >= 4 is 30.7 Å². The van der Waals surface area contributed by atoms with E-state index in [0.717, 1.165) is 5.56 Å². The second kappa shape index (κ2) is 3.76. The zero-order valence-corrected chi connectivity index (χ0v) is 6.08. The Hall–Kier alpha value is -0.773. The third kappa shape index (κ3) is 1.69. The molecule has 0 spiro atoms. The van der Waals surface area contributed by atoms with Crippen LogP contribution in [0.1, 0.15) is 11.1 Å². The molecule has 0 aliphatic heterocycles. The Morgan fingerprint density at radius 2 is 1.83 bits per heavy atom. The van der Waals surface area contributed by atoms with Crippen LogP contribution < -0.4 is 0 Å². The Labute approximate surface area is 83.7 Å². The fraction of sp³-hybridized carbons (Fsp3) is 0.100. The Morgan fingerprint density at radius 3 is 2.67 bits per heavy atom. The van der Waals surface area contributed by atoms with Crippen molar-refractivity contribution < 1.29 is 4.79 Å². The van der Waals surface area contributed by atoms with Gasteiger partial charge in [0.15, 0.2) is 5.78 Å². The molecule has 1 aromatic carbocycles. The molecule has 0 heterocycles. The van der Waals surface area contributed by atoms with Crippen LogP contribution in [0.2, 0.25) is 0 Å². The minimum atomic E-state index is 0. The van der Waals surface area contributed by atoms with Crippen LogP contribution in [0.15, 0.2) is 30.3 Å². The SMILES string of the molecule is O=C1C=Cc2ccccc2C1.[LiH]. The maximum absolute atomic E-state index is 10.9. The van der Waals surface area contributed by atoms with Gasteiger partial charge < -0.3 is 0 Å². The number of ketones is 1. The molecule has 0 radical (unpaired) electrons. The van der Waals surface area contributed by atoms with Crippen LogP contribution in [0.25, 0.3) is 6.08 Å². The van der Waals surface area contributed by atoms with E-state index in [1.807, 2.05) is 30.3 Å². The standard InChI is InChI=1S/C10H8O.Li.H/c11-10-6-5-8-3-1-2-4-9(8)7-10;;/h1-6H,7H2;;. The zero-order chi connectivity index (χ0) is 7.68. The van der Waals surface area contributed by atoms with Crippen molar-refractivity contribution in [2.45, 2.75) is 6.42 Å². The molecule has 0 atom stereocenters. The first-order chi connectivity index (χ1) is 5.36. The number of carbonyl (C=O) groups is 1. The van der Waals surface area contributed by atoms with Crippen molar-refractivity contribution in [2.24, 2.45) is 0 Å². The van der Waals surface area contributed by atoms with Crippen LogP contribution in [0.4, 0.5) is 0 Å². The molecule has 0 saturated carbocycles. The van der Waals surface area contributed by atoms with Gasteiger partial charge in [0, 0.05) is 6.42 Å². The molecule has 2 rings (SSSR count). The van der Waals surface area contributed by atoms with Crippen LogP contribution in [0.3, 0.4) is 0 Å². The summed E-state index contributed by atoms with van der Waals surface area (Å²) in [6.45, 7) is 0. The van der Waals surface area contributed by atoms with Gasteiger partial charge in [0.25, 0.3) is 0 Å². The molecule has 1 aliphatic rings. The first-order valence-electron chi connectivity index (χ1n) is 3.65. The topological polar surface area (TPSA) is 17.1 Å². The third-order valence-electron chi connectivity index (χ3n) is 1.87. The van der Waals surface area contributed by atoms with E-state index < -0.39 is 0 Å². The van der Waals surface area contributed by atoms with Crippen LogP contribution in [-0.2, 0) is 11.2 Å². The molecule has 0 unspecified atom stereocenters. The van der Waals surface area contributed by atoms with Crippen LogP contribution in [0.5, 0.6) is 0 Å². The molecule has 1 aromatic rings. The quantitative estimate of drug-likeness (QED) is 0.510. The van der Waals surface area contributed by atoms with Gasteiger partial charge in [-0.3, -0.25) is 4.79 Å². The molecule has 0 bridgehead atoms. The Balaban J connectivity index is 0.000000720. The number of allylic oxidation sites excluding steroid dienone is 1. The molecule has 0 N–H and O–H groups in total. The van der Waals surface area contributed by atoms with Crippen LogP contribution >= 0.6 is 0 Å². The number of benzene rings is 1. The third-order valence-corrected chi connectivity index (χ3v) is 1.87. The second-order valence-corrected chi connectivity index (χ2v) is 2.68. The molecule has 0 amide bonds. The average molecular weight is 152 g/mol. The van der Waals surface area contributed by atoms with E-state index in [9.17, 15) is 4.79 Å². The predicted octanol–water partition coefficient (Wildman–Crippen LogP) is 1.18. The molecule has 0 aromatic heterocycles. The first-order valence-corrected chi connectivity index (χ1v) is 3.65. The van der Waals surface area contributed by atoms with Gasteiger partial charge in [0.2, 0.25) is 0 Å². The summed E-state index contributed by atoms with van der Waals surface area (Å²) in [5, 5.41) is 0. The fourth-order valence-corrected chi connectivity index (χ4v) is 1.29. The summed E-state index contributed by atoms with van der Waals surface area (Å²) < 4.78 is 0. The van der Waals surface area contributed by atoms with Gasteiger partial charge in [0.05, 0.1) is 0 Å². The molecule has 1 nitrogen and oxygen atoms in total. The van der Waals surface area contributed by atoms with Crippen molar-refractivity contribution in [2.75, 3.05) is 0 Å². The van der Waals surface area contributed by atoms with E-state index in [0.29, 0.717) is 6.42 Å². The summed E-state index contributed by atoms with van der Waals surface area (Å²) >= 11 is 0. The maximum atomic E-state index is 10.9. The normalized spacial score (nSPS) is 13.5. The summed E-state index contributed by atoms with van der Waals surface area (Å²) in [5.74, 6) is 0.198. The zero-order valence-electron chi connectivity index (χ0n) is 6.08. The predicted molar refractivity (Wildman–Crippen MR) is 51.3 cm³/mol. The van der Waals surface area contributed by atoms with E-state index in [2.05, 4.69) is 0 Å². The van der Waals surface area contributed by atoms with Crippen molar-refractivity contribution in [1.82, 2.24) is 0 Å². The summed E-state index contributed by atoms with van der Waals surface area (Å²) in [7, 11) is 0. The van der Waals surface area contributed by atoms with Crippen molar-refractivity contribution in [3.8, 4) is 0 Å². The second-order valence-electron chi connectivity index (χ2n) is 2.68. The minimum absolute atomic E-state index is 0. The van der Waals surface area contributed by atoms with Gasteiger partial charge in [-0.15, -0.1) is 0 Å². The van der Waals surface area contributed by atoms with E-state index >= 15 is 0 Å². The Morgan fingerprint density at radius 1 is 1.08 bits per heavy atom. The monoisotopic (exact) mass is 152 g/mol. The van der Waals surface area contributed by atoms with Crippen LogP contribution in [-0.4, -0.2) is 24.6 Å². The molecule has 1 aliphatic carbocycles. The summed E-state index contributed by atoms with van der Waals surface area (Å²) in [6, 6.07) is 7.97. The number of hydrogen-bond donors (Lipinski definition) is 0. The molecular weight excluding hydrogens is 143 g/mol. The molecule has 56 valence electrons. The first kappa shape index (κ1) is 9.32.